The SMILES string of the molecule is Cc1ccc(C(=O)/C=C/c2c(-c3ccc(Br)cc3)nc3sc(-c4ccccc4)nn23)cc1. The third-order valence-corrected chi connectivity index (χ3v) is 6.59. The number of imidazole rings is 1. The van der Waals surface area contributed by atoms with Crippen molar-refractivity contribution in [3.63, 3.8) is 0 Å². The largest absolute Gasteiger partial charge is 0.289 e. The van der Waals surface area contributed by atoms with Crippen LogP contribution in [0.25, 0.3) is 32.9 Å². The van der Waals surface area contributed by atoms with Crippen LogP contribution in [0.1, 0.15) is 21.6 Å². The summed E-state index contributed by atoms with van der Waals surface area (Å²) < 4.78 is 2.82. The topological polar surface area (TPSA) is 47.3 Å². The number of aromatic nitrogens is 3. The van der Waals surface area contributed by atoms with Gasteiger partial charge in [-0.15, -0.1) is 0 Å². The van der Waals surface area contributed by atoms with Gasteiger partial charge in [-0.1, -0.05) is 99.6 Å². The number of aryl methyl sites for hydroxylation is 1. The Morgan fingerprint density at radius 3 is 2.38 bits per heavy atom. The van der Waals surface area contributed by atoms with Gasteiger partial charge in [0.05, 0.1) is 11.4 Å². The standard InChI is InChI=1S/C26H18BrN3OS/c1-17-7-9-18(10-8-17)23(31)16-15-22-24(19-11-13-21(27)14-12-19)28-26-30(22)29-25(32-26)20-5-3-2-4-6-20/h2-16H,1H3/b16-15+. The molecule has 0 aliphatic heterocycles. The van der Waals surface area contributed by atoms with Crippen LogP contribution in [0.4, 0.5) is 0 Å². The zero-order chi connectivity index (χ0) is 22.1. The molecule has 0 atom stereocenters. The highest BCUT2D eigenvalue weighted by molar-refractivity contribution is 9.10. The summed E-state index contributed by atoms with van der Waals surface area (Å²) in [5.74, 6) is -0.0554. The summed E-state index contributed by atoms with van der Waals surface area (Å²) in [7, 11) is 0. The second-order valence-electron chi connectivity index (χ2n) is 7.38. The number of allylic oxidation sites excluding steroid dienone is 1. The summed E-state index contributed by atoms with van der Waals surface area (Å²) in [5.41, 5.74) is 5.36. The van der Waals surface area contributed by atoms with Gasteiger partial charge in [0.15, 0.2) is 5.78 Å². The second kappa shape index (κ2) is 8.65. The molecule has 3 aromatic carbocycles. The Kier molecular flexibility index (Phi) is 5.55. The van der Waals surface area contributed by atoms with Crippen molar-refractivity contribution in [2.24, 2.45) is 0 Å². The van der Waals surface area contributed by atoms with E-state index in [1.54, 1.807) is 6.08 Å². The van der Waals surface area contributed by atoms with E-state index in [4.69, 9.17) is 10.1 Å². The number of carbonyl (C=O) groups excluding carboxylic acids is 1. The molecule has 0 saturated heterocycles. The van der Waals surface area contributed by atoms with Crippen molar-refractivity contribution in [3.8, 4) is 21.8 Å². The molecule has 32 heavy (non-hydrogen) atoms. The Morgan fingerprint density at radius 2 is 1.66 bits per heavy atom. The van der Waals surface area contributed by atoms with Crippen molar-refractivity contribution < 1.29 is 4.79 Å². The highest BCUT2D eigenvalue weighted by Gasteiger charge is 2.17. The van der Waals surface area contributed by atoms with Crippen LogP contribution in [0.15, 0.2) is 89.4 Å². The van der Waals surface area contributed by atoms with Crippen molar-refractivity contribution in [1.29, 1.82) is 0 Å². The Labute approximate surface area is 198 Å². The molecule has 0 saturated carbocycles. The Morgan fingerprint density at radius 1 is 0.938 bits per heavy atom. The molecule has 5 aromatic rings. The van der Waals surface area contributed by atoms with Gasteiger partial charge < -0.3 is 0 Å². The highest BCUT2D eigenvalue weighted by atomic mass is 79.9. The molecular weight excluding hydrogens is 482 g/mol. The maximum atomic E-state index is 12.8. The number of nitrogens with zero attached hydrogens (tertiary/aromatic N) is 3. The Hall–Kier alpha value is -3.35. The van der Waals surface area contributed by atoms with E-state index >= 15 is 0 Å². The third-order valence-electron chi connectivity index (χ3n) is 5.11. The molecular formula is C26H18BrN3OS. The van der Waals surface area contributed by atoms with E-state index in [0.29, 0.717) is 5.56 Å². The van der Waals surface area contributed by atoms with Gasteiger partial charge >= 0.3 is 0 Å². The first-order chi connectivity index (χ1) is 15.6. The van der Waals surface area contributed by atoms with Crippen LogP contribution in [0.2, 0.25) is 0 Å². The lowest BCUT2D eigenvalue weighted by molar-refractivity contribution is 0.104. The number of hydrogen-bond acceptors (Lipinski definition) is 4. The quantitative estimate of drug-likeness (QED) is 0.191. The van der Waals surface area contributed by atoms with Gasteiger partial charge in [-0.2, -0.15) is 5.10 Å². The van der Waals surface area contributed by atoms with Gasteiger partial charge in [0.25, 0.3) is 0 Å². The molecule has 0 radical (unpaired) electrons. The van der Waals surface area contributed by atoms with Gasteiger partial charge in [0.2, 0.25) is 4.96 Å². The summed E-state index contributed by atoms with van der Waals surface area (Å²) >= 11 is 5.01. The van der Waals surface area contributed by atoms with Crippen molar-refractivity contribution in [1.82, 2.24) is 14.6 Å². The van der Waals surface area contributed by atoms with Crippen molar-refractivity contribution in [2.45, 2.75) is 6.92 Å². The van der Waals surface area contributed by atoms with E-state index in [0.717, 1.165) is 42.5 Å². The smallest absolute Gasteiger partial charge is 0.213 e. The highest BCUT2D eigenvalue weighted by Crippen LogP contribution is 2.32. The Bertz CT molecular complexity index is 1430. The lowest BCUT2D eigenvalue weighted by Gasteiger charge is -2.01. The van der Waals surface area contributed by atoms with Crippen molar-refractivity contribution >= 4 is 44.1 Å². The normalized spacial score (nSPS) is 11.4. The van der Waals surface area contributed by atoms with E-state index in [1.807, 2.05) is 96.4 Å². The molecule has 0 bridgehead atoms. The lowest BCUT2D eigenvalue weighted by Crippen LogP contribution is -1.95. The molecule has 0 amide bonds. The summed E-state index contributed by atoms with van der Waals surface area (Å²) in [5, 5.41) is 5.69. The summed E-state index contributed by atoms with van der Waals surface area (Å²) in [4.78, 5) is 18.4. The van der Waals surface area contributed by atoms with Crippen LogP contribution < -0.4 is 0 Å². The Balaban J connectivity index is 1.60. The second-order valence-corrected chi connectivity index (χ2v) is 9.26. The number of ketones is 1. The summed E-state index contributed by atoms with van der Waals surface area (Å²) in [6, 6.07) is 25.6. The molecule has 156 valence electrons. The maximum Gasteiger partial charge on any atom is 0.213 e. The summed E-state index contributed by atoms with van der Waals surface area (Å²) in [6.45, 7) is 2.00. The predicted octanol–water partition coefficient (Wildman–Crippen LogP) is 7.09. The van der Waals surface area contributed by atoms with Crippen molar-refractivity contribution in [3.05, 3.63) is 106 Å². The minimum Gasteiger partial charge on any atom is -0.289 e. The molecule has 6 heteroatoms. The molecule has 4 nitrogen and oxygen atoms in total. The minimum atomic E-state index is -0.0554. The van der Waals surface area contributed by atoms with Gasteiger partial charge in [-0.3, -0.25) is 4.79 Å². The third kappa shape index (κ3) is 4.07. The maximum absolute atomic E-state index is 12.8. The number of benzene rings is 3. The fourth-order valence-electron chi connectivity index (χ4n) is 3.40. The van der Waals surface area contributed by atoms with Crippen LogP contribution in [0.5, 0.6) is 0 Å². The monoisotopic (exact) mass is 499 g/mol. The van der Waals surface area contributed by atoms with Crippen LogP contribution >= 0.6 is 27.3 Å². The number of rotatable bonds is 5. The molecule has 2 aromatic heterocycles. The van der Waals surface area contributed by atoms with Gasteiger partial charge in [0, 0.05) is 21.2 Å². The molecule has 2 heterocycles. The molecule has 0 spiro atoms. The average Bonchev–Trinajstić information content (AvgIpc) is 3.37. The molecule has 0 aliphatic rings. The molecule has 0 fully saturated rings. The molecule has 0 unspecified atom stereocenters. The van der Waals surface area contributed by atoms with Crippen LogP contribution in [0.3, 0.4) is 0 Å². The fraction of sp³-hybridized carbons (Fsp3) is 0.0385. The van der Waals surface area contributed by atoms with E-state index in [2.05, 4.69) is 15.9 Å². The minimum absolute atomic E-state index is 0.0554. The molecule has 5 rings (SSSR count). The first kappa shape index (κ1) is 20.5. The summed E-state index contributed by atoms with van der Waals surface area (Å²) in [6.07, 6.45) is 3.41. The van der Waals surface area contributed by atoms with Crippen LogP contribution in [-0.2, 0) is 0 Å². The first-order valence-corrected chi connectivity index (χ1v) is 11.7. The van der Waals surface area contributed by atoms with E-state index in [9.17, 15) is 4.79 Å². The van der Waals surface area contributed by atoms with E-state index in [1.165, 1.54) is 11.3 Å². The zero-order valence-corrected chi connectivity index (χ0v) is 19.6. The first-order valence-electron chi connectivity index (χ1n) is 10.1. The predicted molar refractivity (Wildman–Crippen MR) is 134 cm³/mol. The zero-order valence-electron chi connectivity index (χ0n) is 17.2. The van der Waals surface area contributed by atoms with Gasteiger partial charge in [0.1, 0.15) is 5.01 Å². The lowest BCUT2D eigenvalue weighted by atomic mass is 10.1. The van der Waals surface area contributed by atoms with Crippen molar-refractivity contribution in [2.75, 3.05) is 0 Å². The average molecular weight is 500 g/mol. The van der Waals surface area contributed by atoms with E-state index < -0.39 is 0 Å². The van der Waals surface area contributed by atoms with Gasteiger partial charge in [-0.05, 0) is 31.2 Å². The number of hydrogen-bond donors (Lipinski definition) is 0. The molecule has 0 aliphatic carbocycles. The van der Waals surface area contributed by atoms with Crippen LogP contribution in [-0.4, -0.2) is 20.4 Å². The van der Waals surface area contributed by atoms with E-state index in [-0.39, 0.29) is 5.78 Å². The number of carbonyl (C=O) groups is 1. The number of fused-ring (bicyclic) bond motifs is 1. The van der Waals surface area contributed by atoms with Gasteiger partial charge in [-0.25, -0.2) is 9.50 Å². The van der Waals surface area contributed by atoms with Crippen LogP contribution in [0, 0.1) is 6.92 Å². The molecule has 0 N–H and O–H groups in total. The number of halogens is 1. The fourth-order valence-corrected chi connectivity index (χ4v) is 4.58.